The summed E-state index contributed by atoms with van der Waals surface area (Å²) >= 11 is 3.34. The summed E-state index contributed by atoms with van der Waals surface area (Å²) in [5.41, 5.74) is 2.22. The summed E-state index contributed by atoms with van der Waals surface area (Å²) in [5, 5.41) is 13.0. The highest BCUT2D eigenvalue weighted by atomic mass is 79.9. The number of amides is 1. The number of nitrogens with one attached hydrogen (secondary N) is 1. The van der Waals surface area contributed by atoms with E-state index in [9.17, 15) is 9.90 Å². The van der Waals surface area contributed by atoms with E-state index in [0.717, 1.165) is 34.2 Å². The van der Waals surface area contributed by atoms with Crippen LogP contribution in [0.2, 0.25) is 0 Å². The van der Waals surface area contributed by atoms with E-state index in [2.05, 4.69) is 27.3 Å². The van der Waals surface area contributed by atoms with Crippen LogP contribution in [0.15, 0.2) is 40.9 Å². The normalized spacial score (nSPS) is 16.0. The Morgan fingerprint density at radius 1 is 1.26 bits per heavy atom. The molecule has 0 bridgehead atoms. The first-order valence-electron chi connectivity index (χ1n) is 8.95. The maximum Gasteiger partial charge on any atom is 0.255 e. The molecule has 2 aromatic carbocycles. The molecule has 1 amide bonds. The first-order chi connectivity index (χ1) is 12.9. The Labute approximate surface area is 167 Å². The number of methoxy groups -OCH3 is 1. The monoisotopic (exact) mass is 433 g/mol. The fourth-order valence-corrected chi connectivity index (χ4v) is 3.94. The van der Waals surface area contributed by atoms with E-state index in [-0.39, 0.29) is 22.6 Å². The summed E-state index contributed by atoms with van der Waals surface area (Å²) in [6.45, 7) is 3.76. The van der Waals surface area contributed by atoms with Crippen LogP contribution < -0.4 is 10.1 Å². The molecule has 1 aliphatic rings. The molecule has 1 saturated heterocycles. The SMILES string of the molecule is COc1ccc(C)cc1C1(CNC(=O)c2cc(Br)ccc2O)CCOCC1. The molecular formula is C21H24BrNO4. The first-order valence-corrected chi connectivity index (χ1v) is 9.74. The highest BCUT2D eigenvalue weighted by molar-refractivity contribution is 9.10. The highest BCUT2D eigenvalue weighted by Crippen LogP contribution is 2.40. The number of aryl methyl sites for hydroxylation is 1. The van der Waals surface area contributed by atoms with Gasteiger partial charge in [0.2, 0.25) is 0 Å². The van der Waals surface area contributed by atoms with Crippen LogP contribution in [-0.4, -0.2) is 37.9 Å². The van der Waals surface area contributed by atoms with Crippen LogP contribution in [0.4, 0.5) is 0 Å². The lowest BCUT2D eigenvalue weighted by Crippen LogP contribution is -2.44. The minimum absolute atomic E-state index is 0.0372. The first kappa shape index (κ1) is 19.7. The smallest absolute Gasteiger partial charge is 0.255 e. The number of aromatic hydroxyl groups is 1. The molecule has 0 saturated carbocycles. The molecule has 2 aromatic rings. The Bertz CT molecular complexity index is 831. The van der Waals surface area contributed by atoms with E-state index in [1.54, 1.807) is 19.2 Å². The van der Waals surface area contributed by atoms with Crippen molar-refractivity contribution in [2.75, 3.05) is 26.9 Å². The van der Waals surface area contributed by atoms with Crippen molar-refractivity contribution in [1.29, 1.82) is 0 Å². The lowest BCUT2D eigenvalue weighted by molar-refractivity contribution is 0.0478. The number of carbonyl (C=O) groups is 1. The molecule has 1 aliphatic heterocycles. The van der Waals surface area contributed by atoms with Gasteiger partial charge in [-0.2, -0.15) is 0 Å². The molecule has 0 aliphatic carbocycles. The van der Waals surface area contributed by atoms with Crippen molar-refractivity contribution in [2.45, 2.75) is 25.2 Å². The molecule has 27 heavy (non-hydrogen) atoms. The lowest BCUT2D eigenvalue weighted by atomic mass is 9.73. The Morgan fingerprint density at radius 3 is 2.70 bits per heavy atom. The van der Waals surface area contributed by atoms with E-state index >= 15 is 0 Å². The quantitative estimate of drug-likeness (QED) is 0.748. The molecule has 2 N–H and O–H groups in total. The van der Waals surface area contributed by atoms with Gasteiger partial charge in [-0.3, -0.25) is 4.79 Å². The number of phenols is 1. The Balaban J connectivity index is 1.89. The number of carbonyl (C=O) groups excluding carboxylic acids is 1. The third-order valence-corrected chi connectivity index (χ3v) is 5.66. The van der Waals surface area contributed by atoms with Crippen molar-refractivity contribution in [1.82, 2.24) is 5.32 Å². The largest absolute Gasteiger partial charge is 0.507 e. The van der Waals surface area contributed by atoms with Gasteiger partial charge < -0.3 is 19.9 Å². The zero-order valence-corrected chi connectivity index (χ0v) is 17.1. The molecular weight excluding hydrogens is 410 g/mol. The molecule has 3 rings (SSSR count). The second-order valence-corrected chi connectivity index (χ2v) is 7.86. The number of phenolic OH excluding ortho intramolecular Hbond substituents is 1. The zero-order valence-electron chi connectivity index (χ0n) is 15.5. The minimum atomic E-state index is -0.300. The summed E-state index contributed by atoms with van der Waals surface area (Å²) < 4.78 is 11.9. The predicted molar refractivity (Wildman–Crippen MR) is 108 cm³/mol. The number of hydrogen-bond acceptors (Lipinski definition) is 4. The summed E-state index contributed by atoms with van der Waals surface area (Å²) in [6.07, 6.45) is 1.58. The van der Waals surface area contributed by atoms with Gasteiger partial charge in [0.1, 0.15) is 11.5 Å². The lowest BCUT2D eigenvalue weighted by Gasteiger charge is -2.38. The third kappa shape index (κ3) is 4.28. The van der Waals surface area contributed by atoms with Crippen LogP contribution in [0.1, 0.15) is 34.3 Å². The summed E-state index contributed by atoms with van der Waals surface area (Å²) in [5.74, 6) is 0.484. The topological polar surface area (TPSA) is 67.8 Å². The molecule has 6 heteroatoms. The fraction of sp³-hybridized carbons (Fsp3) is 0.381. The summed E-state index contributed by atoms with van der Waals surface area (Å²) in [4.78, 5) is 12.7. The Kier molecular flexibility index (Phi) is 6.07. The Hall–Kier alpha value is -2.05. The van der Waals surface area contributed by atoms with Crippen molar-refractivity contribution < 1.29 is 19.4 Å². The standard InChI is InChI=1S/C21H24BrNO4/c1-14-3-6-19(26-2)17(11-14)21(7-9-27-10-8-21)13-23-20(25)16-12-15(22)4-5-18(16)24/h3-6,11-12,24H,7-10,13H2,1-2H3,(H,23,25). The second kappa shape index (κ2) is 8.31. The van der Waals surface area contributed by atoms with Crippen LogP contribution in [-0.2, 0) is 10.2 Å². The number of rotatable bonds is 5. The van der Waals surface area contributed by atoms with Gasteiger partial charge in [-0.05, 0) is 44.0 Å². The zero-order chi connectivity index (χ0) is 19.4. The van der Waals surface area contributed by atoms with E-state index in [0.29, 0.717) is 19.8 Å². The van der Waals surface area contributed by atoms with Crippen molar-refractivity contribution >= 4 is 21.8 Å². The van der Waals surface area contributed by atoms with Crippen LogP contribution in [0.3, 0.4) is 0 Å². The average Bonchev–Trinajstić information content (AvgIpc) is 2.68. The highest BCUT2D eigenvalue weighted by Gasteiger charge is 2.37. The number of halogens is 1. The molecule has 0 spiro atoms. The van der Waals surface area contributed by atoms with Crippen molar-refractivity contribution in [2.24, 2.45) is 0 Å². The maximum absolute atomic E-state index is 12.7. The van der Waals surface area contributed by atoms with Gasteiger partial charge in [-0.1, -0.05) is 33.6 Å². The summed E-state index contributed by atoms with van der Waals surface area (Å²) in [7, 11) is 1.67. The Morgan fingerprint density at radius 2 is 2.00 bits per heavy atom. The third-order valence-electron chi connectivity index (χ3n) is 5.17. The van der Waals surface area contributed by atoms with Crippen molar-refractivity contribution in [3.63, 3.8) is 0 Å². The predicted octanol–water partition coefficient (Wildman–Crippen LogP) is 3.95. The van der Waals surface area contributed by atoms with Crippen molar-refractivity contribution in [3.05, 3.63) is 57.6 Å². The molecule has 1 fully saturated rings. The maximum atomic E-state index is 12.7. The molecule has 0 aromatic heterocycles. The molecule has 0 unspecified atom stereocenters. The molecule has 1 heterocycles. The van der Waals surface area contributed by atoms with E-state index in [4.69, 9.17) is 9.47 Å². The molecule has 0 atom stereocenters. The molecule has 0 radical (unpaired) electrons. The van der Waals surface area contributed by atoms with Gasteiger partial charge in [0.05, 0.1) is 12.7 Å². The number of ether oxygens (including phenoxy) is 2. The second-order valence-electron chi connectivity index (χ2n) is 6.94. The van der Waals surface area contributed by atoms with Gasteiger partial charge in [0, 0.05) is 35.2 Å². The molecule has 5 nitrogen and oxygen atoms in total. The average molecular weight is 434 g/mol. The number of hydrogen-bond donors (Lipinski definition) is 2. The van der Waals surface area contributed by atoms with E-state index < -0.39 is 0 Å². The van der Waals surface area contributed by atoms with Crippen LogP contribution in [0.5, 0.6) is 11.5 Å². The van der Waals surface area contributed by atoms with Gasteiger partial charge in [-0.25, -0.2) is 0 Å². The van der Waals surface area contributed by atoms with Crippen LogP contribution in [0.25, 0.3) is 0 Å². The van der Waals surface area contributed by atoms with Gasteiger partial charge >= 0.3 is 0 Å². The van der Waals surface area contributed by atoms with E-state index in [1.165, 1.54) is 6.07 Å². The number of benzene rings is 2. The fourth-order valence-electron chi connectivity index (χ4n) is 3.57. The van der Waals surface area contributed by atoms with Gasteiger partial charge in [-0.15, -0.1) is 0 Å². The van der Waals surface area contributed by atoms with Gasteiger partial charge in [0.25, 0.3) is 5.91 Å². The summed E-state index contributed by atoms with van der Waals surface area (Å²) in [6, 6.07) is 11.0. The molecule has 144 valence electrons. The minimum Gasteiger partial charge on any atom is -0.507 e. The van der Waals surface area contributed by atoms with Crippen LogP contribution in [0, 0.1) is 6.92 Å². The van der Waals surface area contributed by atoms with Crippen LogP contribution >= 0.6 is 15.9 Å². The van der Waals surface area contributed by atoms with Crippen molar-refractivity contribution in [3.8, 4) is 11.5 Å². The van der Waals surface area contributed by atoms with Gasteiger partial charge in [0.15, 0.2) is 0 Å². The van der Waals surface area contributed by atoms with E-state index in [1.807, 2.05) is 19.1 Å².